The average Bonchev–Trinajstić information content (AvgIpc) is 3.18. The van der Waals surface area contributed by atoms with Crippen LogP contribution in [-0.4, -0.2) is 10.1 Å². The molecule has 140 valence electrons. The Kier molecular flexibility index (Phi) is 4.80. The molecule has 0 aliphatic heterocycles. The van der Waals surface area contributed by atoms with E-state index in [0.29, 0.717) is 17.0 Å². The highest BCUT2D eigenvalue weighted by molar-refractivity contribution is 5.60. The van der Waals surface area contributed by atoms with Crippen LogP contribution in [0.4, 0.5) is 13.2 Å². The van der Waals surface area contributed by atoms with Crippen LogP contribution in [0.2, 0.25) is 0 Å². The van der Waals surface area contributed by atoms with E-state index >= 15 is 0 Å². The molecule has 3 aromatic carbocycles. The van der Waals surface area contributed by atoms with Crippen LogP contribution in [0.1, 0.15) is 5.56 Å². The summed E-state index contributed by atoms with van der Waals surface area (Å²) in [6.45, 7) is 0.0787. The monoisotopic (exact) mass is 382 g/mol. The van der Waals surface area contributed by atoms with Gasteiger partial charge in [-0.25, -0.2) is 13.2 Å². The minimum atomic E-state index is -0.767. The van der Waals surface area contributed by atoms with Gasteiger partial charge in [0.05, 0.1) is 0 Å². The Morgan fingerprint density at radius 3 is 2.39 bits per heavy atom. The summed E-state index contributed by atoms with van der Waals surface area (Å²) < 4.78 is 50.4. The first-order valence-electron chi connectivity index (χ1n) is 8.35. The summed E-state index contributed by atoms with van der Waals surface area (Å²) in [6, 6.07) is 16.0. The van der Waals surface area contributed by atoms with Crippen LogP contribution in [-0.2, 0) is 6.61 Å². The quantitative estimate of drug-likeness (QED) is 0.464. The number of ether oxygens (including phenoxy) is 1. The Morgan fingerprint density at radius 2 is 1.61 bits per heavy atom. The highest BCUT2D eigenvalue weighted by Crippen LogP contribution is 2.24. The van der Waals surface area contributed by atoms with Crippen molar-refractivity contribution < 1.29 is 22.4 Å². The van der Waals surface area contributed by atoms with Gasteiger partial charge in [-0.1, -0.05) is 17.3 Å². The lowest BCUT2D eigenvalue weighted by atomic mass is 10.1. The molecule has 4 nitrogen and oxygen atoms in total. The van der Waals surface area contributed by atoms with Gasteiger partial charge < -0.3 is 9.26 Å². The van der Waals surface area contributed by atoms with Crippen molar-refractivity contribution in [1.82, 2.24) is 10.1 Å². The predicted octanol–water partition coefficient (Wildman–Crippen LogP) is 5.40. The maximum atomic E-state index is 13.7. The van der Waals surface area contributed by atoms with Crippen LogP contribution in [0.15, 0.2) is 71.3 Å². The van der Waals surface area contributed by atoms with Crippen LogP contribution in [0, 0.1) is 17.5 Å². The zero-order valence-electron chi connectivity index (χ0n) is 14.4. The van der Waals surface area contributed by atoms with Crippen molar-refractivity contribution in [2.45, 2.75) is 6.61 Å². The molecule has 4 rings (SSSR count). The third kappa shape index (κ3) is 3.88. The summed E-state index contributed by atoms with van der Waals surface area (Å²) in [7, 11) is 0. The van der Waals surface area contributed by atoms with Gasteiger partial charge in [0.25, 0.3) is 5.89 Å². The zero-order valence-corrected chi connectivity index (χ0v) is 14.4. The fourth-order valence-corrected chi connectivity index (χ4v) is 2.60. The first-order chi connectivity index (χ1) is 13.6. The third-order valence-electron chi connectivity index (χ3n) is 3.99. The smallest absolute Gasteiger partial charge is 0.258 e. The molecule has 0 spiro atoms. The van der Waals surface area contributed by atoms with Crippen LogP contribution in [0.25, 0.3) is 22.8 Å². The molecule has 1 heterocycles. The number of benzene rings is 3. The Morgan fingerprint density at radius 1 is 0.821 bits per heavy atom. The van der Waals surface area contributed by atoms with Crippen molar-refractivity contribution in [2.75, 3.05) is 0 Å². The van der Waals surface area contributed by atoms with Gasteiger partial charge in [0.1, 0.15) is 18.2 Å². The minimum Gasteiger partial charge on any atom is -0.486 e. The second-order valence-corrected chi connectivity index (χ2v) is 5.99. The maximum absolute atomic E-state index is 13.7. The normalized spacial score (nSPS) is 10.8. The van der Waals surface area contributed by atoms with Gasteiger partial charge in [0.2, 0.25) is 5.82 Å². The molecule has 0 radical (unpaired) electrons. The maximum Gasteiger partial charge on any atom is 0.258 e. The van der Waals surface area contributed by atoms with Gasteiger partial charge in [0, 0.05) is 17.2 Å². The number of aromatic nitrogens is 2. The first kappa shape index (κ1) is 17.8. The van der Waals surface area contributed by atoms with Crippen LogP contribution < -0.4 is 4.74 Å². The molecular formula is C21H13F3N2O2. The standard InChI is InChI=1S/C21H13F3N2O2/c22-16-6-4-14(5-7-16)20-25-21(28-26-20)15-3-1-2-13(10-15)12-27-19-9-8-17(23)11-18(19)24/h1-11H,12H2. The molecular weight excluding hydrogens is 369 g/mol. The van der Waals surface area contributed by atoms with E-state index in [9.17, 15) is 13.2 Å². The SMILES string of the molecule is Fc1ccc(-c2noc(-c3cccc(COc4ccc(F)cc4F)c3)n2)cc1. The molecule has 0 aliphatic carbocycles. The molecule has 1 aromatic heterocycles. The Bertz CT molecular complexity index is 1110. The molecule has 28 heavy (non-hydrogen) atoms. The molecule has 0 atom stereocenters. The van der Waals surface area contributed by atoms with Crippen molar-refractivity contribution in [3.8, 4) is 28.6 Å². The largest absolute Gasteiger partial charge is 0.486 e. The minimum absolute atomic E-state index is 0.0387. The van der Waals surface area contributed by atoms with Gasteiger partial charge in [0.15, 0.2) is 11.6 Å². The van der Waals surface area contributed by atoms with Gasteiger partial charge in [-0.05, 0) is 54.1 Å². The fraction of sp³-hybridized carbons (Fsp3) is 0.0476. The van der Waals surface area contributed by atoms with Crippen molar-refractivity contribution in [2.24, 2.45) is 0 Å². The fourth-order valence-electron chi connectivity index (χ4n) is 2.60. The summed E-state index contributed by atoms with van der Waals surface area (Å²) in [6.07, 6.45) is 0. The molecule has 7 heteroatoms. The molecule has 0 aliphatic rings. The lowest BCUT2D eigenvalue weighted by Crippen LogP contribution is -1.98. The number of hydrogen-bond acceptors (Lipinski definition) is 4. The summed E-state index contributed by atoms with van der Waals surface area (Å²) in [4.78, 5) is 4.32. The third-order valence-corrected chi connectivity index (χ3v) is 3.99. The molecule has 0 saturated heterocycles. The van der Waals surface area contributed by atoms with Crippen LogP contribution >= 0.6 is 0 Å². The van der Waals surface area contributed by atoms with Crippen molar-refractivity contribution >= 4 is 0 Å². The number of hydrogen-bond donors (Lipinski definition) is 0. The van der Waals surface area contributed by atoms with E-state index in [0.717, 1.165) is 17.7 Å². The van der Waals surface area contributed by atoms with Crippen molar-refractivity contribution in [3.05, 3.63) is 89.7 Å². The van der Waals surface area contributed by atoms with E-state index in [1.807, 2.05) is 0 Å². The second kappa shape index (κ2) is 7.56. The summed E-state index contributed by atoms with van der Waals surface area (Å²) in [5.41, 5.74) is 2.02. The Balaban J connectivity index is 1.51. The van der Waals surface area contributed by atoms with E-state index in [1.165, 1.54) is 18.2 Å². The van der Waals surface area contributed by atoms with Gasteiger partial charge in [-0.15, -0.1) is 0 Å². The summed E-state index contributed by atoms with van der Waals surface area (Å²) in [5, 5.41) is 3.91. The van der Waals surface area contributed by atoms with Crippen LogP contribution in [0.5, 0.6) is 5.75 Å². The topological polar surface area (TPSA) is 48.2 Å². The van der Waals surface area contributed by atoms with Crippen molar-refractivity contribution in [1.29, 1.82) is 0 Å². The molecule has 0 amide bonds. The first-order valence-corrected chi connectivity index (χ1v) is 8.35. The molecule has 4 aromatic rings. The lowest BCUT2D eigenvalue weighted by Gasteiger charge is -2.08. The van der Waals surface area contributed by atoms with Crippen LogP contribution in [0.3, 0.4) is 0 Å². The van der Waals surface area contributed by atoms with E-state index in [1.54, 1.807) is 36.4 Å². The summed E-state index contributed by atoms with van der Waals surface area (Å²) in [5.74, 6) is -1.20. The number of rotatable bonds is 5. The average molecular weight is 382 g/mol. The molecule has 0 unspecified atom stereocenters. The number of nitrogens with zero attached hydrogens (tertiary/aromatic N) is 2. The molecule has 0 fully saturated rings. The summed E-state index contributed by atoms with van der Waals surface area (Å²) >= 11 is 0. The van der Waals surface area contributed by atoms with Crippen molar-refractivity contribution in [3.63, 3.8) is 0 Å². The van der Waals surface area contributed by atoms with E-state index < -0.39 is 11.6 Å². The van der Waals surface area contributed by atoms with E-state index in [2.05, 4.69) is 10.1 Å². The second-order valence-electron chi connectivity index (χ2n) is 5.99. The lowest BCUT2D eigenvalue weighted by molar-refractivity contribution is 0.289. The molecule has 0 N–H and O–H groups in total. The van der Waals surface area contributed by atoms with Gasteiger partial charge in [-0.3, -0.25) is 0 Å². The number of halogens is 3. The highest BCUT2D eigenvalue weighted by atomic mass is 19.1. The van der Waals surface area contributed by atoms with Gasteiger partial charge >= 0.3 is 0 Å². The van der Waals surface area contributed by atoms with E-state index in [-0.39, 0.29) is 24.1 Å². The molecule has 0 saturated carbocycles. The van der Waals surface area contributed by atoms with Gasteiger partial charge in [-0.2, -0.15) is 4.98 Å². The molecule has 0 bridgehead atoms. The predicted molar refractivity (Wildman–Crippen MR) is 95.8 cm³/mol. The van der Waals surface area contributed by atoms with E-state index in [4.69, 9.17) is 9.26 Å². The zero-order chi connectivity index (χ0) is 19.5. The Hall–Kier alpha value is -3.61. The Labute approximate surface area is 158 Å². The highest BCUT2D eigenvalue weighted by Gasteiger charge is 2.12.